The van der Waals surface area contributed by atoms with Gasteiger partial charge in [0.2, 0.25) is 0 Å². The van der Waals surface area contributed by atoms with Crippen molar-refractivity contribution in [1.82, 2.24) is 0 Å². The van der Waals surface area contributed by atoms with E-state index in [4.69, 9.17) is 4.74 Å². The van der Waals surface area contributed by atoms with Crippen molar-refractivity contribution in [3.05, 3.63) is 58.7 Å². The van der Waals surface area contributed by atoms with Gasteiger partial charge in [-0.25, -0.2) is 0 Å². The average Bonchev–Trinajstić information content (AvgIpc) is 2.50. The molecule has 0 amide bonds. The van der Waals surface area contributed by atoms with Crippen LogP contribution in [0.4, 0.5) is 0 Å². The van der Waals surface area contributed by atoms with Crippen LogP contribution < -0.4 is 0 Å². The molecule has 0 aromatic heterocycles. The topological polar surface area (TPSA) is 9.23 Å². The van der Waals surface area contributed by atoms with Gasteiger partial charge >= 0.3 is 0 Å². The molecule has 1 nitrogen and oxygen atoms in total. The second-order valence-corrected chi connectivity index (χ2v) is 8.33. The van der Waals surface area contributed by atoms with E-state index in [-0.39, 0.29) is 0 Å². The van der Waals surface area contributed by atoms with E-state index >= 15 is 0 Å². The third kappa shape index (κ3) is 7.98. The lowest BCUT2D eigenvalue weighted by Crippen LogP contribution is -2.19. The molecule has 0 heterocycles. The number of allylic oxidation sites excluding steroid dienone is 9. The fourth-order valence-corrected chi connectivity index (χ4v) is 3.34. The van der Waals surface area contributed by atoms with Crippen molar-refractivity contribution in [3.63, 3.8) is 0 Å². The van der Waals surface area contributed by atoms with E-state index in [0.717, 1.165) is 11.0 Å². The van der Waals surface area contributed by atoms with E-state index in [1.165, 1.54) is 36.0 Å². The predicted octanol–water partition coefficient (Wildman–Crippen LogP) is 6.97. The Balaban J connectivity index is 2.62. The smallest absolute Gasteiger partial charge is 0.0653 e. The summed E-state index contributed by atoms with van der Waals surface area (Å²) >= 11 is 2.32. The summed E-state index contributed by atoms with van der Waals surface area (Å²) in [4.78, 5) is 0. The zero-order chi connectivity index (χ0) is 18.0. The summed E-state index contributed by atoms with van der Waals surface area (Å²) in [6.45, 7) is 12.8. The van der Waals surface area contributed by atoms with Crippen LogP contribution in [0.1, 0.15) is 53.9 Å². The second kappa shape index (κ2) is 11.1. The zero-order valence-electron chi connectivity index (χ0n) is 16.0. The third-order valence-electron chi connectivity index (χ3n) is 4.52. The fourth-order valence-electron chi connectivity index (χ4n) is 3.03. The van der Waals surface area contributed by atoms with E-state index in [0.29, 0.717) is 12.0 Å². The molecule has 134 valence electrons. The Kier molecular flexibility index (Phi) is 9.91. The molecular weight excluding hydrogens is 407 g/mol. The first kappa shape index (κ1) is 21.4. The number of alkyl halides is 1. The molecule has 0 N–H and O–H groups in total. The van der Waals surface area contributed by atoms with Gasteiger partial charge in [-0.2, -0.15) is 0 Å². The lowest BCUT2D eigenvalue weighted by atomic mass is 9.72. The molecule has 0 saturated heterocycles. The molecule has 1 aliphatic carbocycles. The van der Waals surface area contributed by atoms with Gasteiger partial charge in [0.05, 0.1) is 13.2 Å². The highest BCUT2D eigenvalue weighted by Gasteiger charge is 2.26. The van der Waals surface area contributed by atoms with Gasteiger partial charge in [-0.05, 0) is 51.0 Å². The van der Waals surface area contributed by atoms with Crippen molar-refractivity contribution in [2.24, 2.45) is 5.41 Å². The van der Waals surface area contributed by atoms with Crippen LogP contribution in [0, 0.1) is 5.41 Å². The Morgan fingerprint density at radius 2 is 1.96 bits per heavy atom. The molecule has 0 aromatic carbocycles. The van der Waals surface area contributed by atoms with Gasteiger partial charge in [0, 0.05) is 4.43 Å². The van der Waals surface area contributed by atoms with Crippen molar-refractivity contribution in [3.8, 4) is 0 Å². The fraction of sp³-hybridized carbons (Fsp3) is 0.545. The number of halogens is 1. The molecular formula is C22H33IO. The molecule has 0 saturated carbocycles. The largest absolute Gasteiger partial charge is 0.377 e. The van der Waals surface area contributed by atoms with E-state index in [9.17, 15) is 0 Å². The summed E-state index contributed by atoms with van der Waals surface area (Å²) in [6.07, 6.45) is 17.0. The quantitative estimate of drug-likeness (QED) is 0.171. The summed E-state index contributed by atoms with van der Waals surface area (Å²) in [7, 11) is 0. The van der Waals surface area contributed by atoms with Crippen LogP contribution >= 0.6 is 22.6 Å². The SMILES string of the molecule is CC1=C(/C=C/C(C)=C/C=C/C(C)=C/COCCI)C(C)(C)CCC1. The van der Waals surface area contributed by atoms with Crippen molar-refractivity contribution in [2.75, 3.05) is 17.6 Å². The molecule has 0 bridgehead atoms. The molecule has 0 unspecified atom stereocenters. The minimum Gasteiger partial charge on any atom is -0.377 e. The summed E-state index contributed by atoms with van der Waals surface area (Å²) in [5, 5.41) is 0. The molecule has 24 heavy (non-hydrogen) atoms. The van der Waals surface area contributed by atoms with Crippen molar-refractivity contribution in [1.29, 1.82) is 0 Å². The van der Waals surface area contributed by atoms with Crippen LogP contribution in [0.3, 0.4) is 0 Å². The minimum absolute atomic E-state index is 0.312. The lowest BCUT2D eigenvalue weighted by Gasteiger charge is -2.32. The maximum absolute atomic E-state index is 5.47. The minimum atomic E-state index is 0.312. The second-order valence-electron chi connectivity index (χ2n) is 7.25. The molecule has 0 radical (unpaired) electrons. The van der Waals surface area contributed by atoms with E-state index in [1.807, 2.05) is 0 Å². The van der Waals surface area contributed by atoms with Crippen LogP contribution in [-0.2, 0) is 4.74 Å². The Morgan fingerprint density at radius 3 is 2.62 bits per heavy atom. The molecule has 2 heteroatoms. The van der Waals surface area contributed by atoms with Gasteiger partial charge < -0.3 is 4.74 Å². The van der Waals surface area contributed by atoms with Crippen LogP contribution in [0.5, 0.6) is 0 Å². The van der Waals surface area contributed by atoms with E-state index in [1.54, 1.807) is 5.57 Å². The molecule has 0 atom stereocenters. The van der Waals surface area contributed by atoms with Gasteiger partial charge in [0.15, 0.2) is 0 Å². The Hall–Kier alpha value is -0.610. The third-order valence-corrected chi connectivity index (χ3v) is 4.96. The number of hydrogen-bond acceptors (Lipinski definition) is 1. The van der Waals surface area contributed by atoms with Gasteiger partial charge in [-0.3, -0.25) is 0 Å². The normalized spacial score (nSPS) is 19.8. The first-order valence-corrected chi connectivity index (χ1v) is 10.4. The highest BCUT2D eigenvalue weighted by Crippen LogP contribution is 2.40. The van der Waals surface area contributed by atoms with Crippen LogP contribution in [0.15, 0.2) is 58.7 Å². The Bertz CT molecular complexity index is 544. The maximum Gasteiger partial charge on any atom is 0.0653 e. The molecule has 0 spiro atoms. The van der Waals surface area contributed by atoms with E-state index < -0.39 is 0 Å². The van der Waals surface area contributed by atoms with Gasteiger partial charge in [0.25, 0.3) is 0 Å². The van der Waals surface area contributed by atoms with Crippen molar-refractivity contribution >= 4 is 22.6 Å². The Labute approximate surface area is 162 Å². The zero-order valence-corrected chi connectivity index (χ0v) is 18.2. The summed E-state index contributed by atoms with van der Waals surface area (Å²) < 4.78 is 6.51. The highest BCUT2D eigenvalue weighted by molar-refractivity contribution is 14.1. The predicted molar refractivity (Wildman–Crippen MR) is 116 cm³/mol. The van der Waals surface area contributed by atoms with Gasteiger partial charge in [-0.1, -0.05) is 89.6 Å². The Morgan fingerprint density at radius 1 is 1.21 bits per heavy atom. The van der Waals surface area contributed by atoms with Crippen LogP contribution in [0.25, 0.3) is 0 Å². The molecule has 1 rings (SSSR count). The first-order chi connectivity index (χ1) is 11.4. The van der Waals surface area contributed by atoms with Gasteiger partial charge in [0.1, 0.15) is 0 Å². The molecule has 0 aliphatic heterocycles. The molecule has 1 aliphatic rings. The number of ether oxygens (including phenoxy) is 1. The monoisotopic (exact) mass is 440 g/mol. The summed E-state index contributed by atoms with van der Waals surface area (Å²) in [5.74, 6) is 0. The van der Waals surface area contributed by atoms with Crippen LogP contribution in [-0.4, -0.2) is 17.6 Å². The molecule has 0 fully saturated rings. The number of hydrogen-bond donors (Lipinski definition) is 0. The van der Waals surface area contributed by atoms with Crippen molar-refractivity contribution in [2.45, 2.75) is 53.9 Å². The average molecular weight is 440 g/mol. The lowest BCUT2D eigenvalue weighted by molar-refractivity contribution is 0.181. The number of rotatable bonds is 8. The molecule has 0 aromatic rings. The van der Waals surface area contributed by atoms with E-state index in [2.05, 4.69) is 93.7 Å². The maximum atomic E-state index is 5.47. The summed E-state index contributed by atoms with van der Waals surface area (Å²) in [5.41, 5.74) is 5.90. The first-order valence-electron chi connectivity index (χ1n) is 8.90. The van der Waals surface area contributed by atoms with Gasteiger partial charge in [-0.15, -0.1) is 0 Å². The summed E-state index contributed by atoms with van der Waals surface area (Å²) in [6, 6.07) is 0. The highest BCUT2D eigenvalue weighted by atomic mass is 127. The standard InChI is InChI=1S/C22H33IO/c1-18(8-6-9-19(2)13-16-24-17-15-23)11-12-21-20(3)10-7-14-22(21,4)5/h6,8-9,11-13H,7,10,14-17H2,1-5H3/b9-6+,12-11+,18-8+,19-13+. The van der Waals surface area contributed by atoms with Crippen LogP contribution in [0.2, 0.25) is 0 Å². The van der Waals surface area contributed by atoms with Crippen molar-refractivity contribution < 1.29 is 4.74 Å².